The fraction of sp³-hybridized carbons (Fsp3) is 0.200. The van der Waals surface area contributed by atoms with Crippen LogP contribution in [0.1, 0.15) is 17.2 Å². The van der Waals surface area contributed by atoms with Crippen LogP contribution in [0.4, 0.5) is 0 Å². The molecule has 1 heterocycles. The Morgan fingerprint density at radius 3 is 2.87 bits per heavy atom. The summed E-state index contributed by atoms with van der Waals surface area (Å²) in [7, 11) is 0. The van der Waals surface area contributed by atoms with Gasteiger partial charge < -0.3 is 0 Å². The van der Waals surface area contributed by atoms with Crippen molar-refractivity contribution in [3.63, 3.8) is 0 Å². The molecule has 5 heteroatoms. The zero-order valence-corrected chi connectivity index (χ0v) is 9.39. The number of halogens is 2. The summed E-state index contributed by atoms with van der Waals surface area (Å²) in [6.45, 7) is 0. The molecule has 0 aliphatic rings. The number of benzene rings is 1. The van der Waals surface area contributed by atoms with Gasteiger partial charge in [-0.1, -0.05) is 23.7 Å². The van der Waals surface area contributed by atoms with Gasteiger partial charge in [0.15, 0.2) is 5.82 Å². The Morgan fingerprint density at radius 1 is 1.33 bits per heavy atom. The van der Waals surface area contributed by atoms with E-state index in [4.69, 9.17) is 23.2 Å². The Hall–Kier alpha value is -1.06. The summed E-state index contributed by atoms with van der Waals surface area (Å²) in [6.07, 6.45) is 0.685. The summed E-state index contributed by atoms with van der Waals surface area (Å²) in [5, 5.41) is 7.51. The highest BCUT2D eigenvalue weighted by molar-refractivity contribution is 6.30. The average Bonchev–Trinajstić information content (AvgIpc) is 2.65. The molecular weight excluding hydrogens is 233 g/mol. The third-order valence-electron chi connectivity index (χ3n) is 1.96. The van der Waals surface area contributed by atoms with Crippen molar-refractivity contribution in [2.75, 3.05) is 0 Å². The molecule has 0 unspecified atom stereocenters. The first-order valence-electron chi connectivity index (χ1n) is 4.48. The molecular formula is C10H9Cl2N3. The Kier molecular flexibility index (Phi) is 3.23. The van der Waals surface area contributed by atoms with Crippen molar-refractivity contribution >= 4 is 23.2 Å². The lowest BCUT2D eigenvalue weighted by molar-refractivity contribution is 0.968. The molecule has 0 saturated heterocycles. The molecule has 0 fully saturated rings. The first-order chi connectivity index (χ1) is 7.28. The van der Waals surface area contributed by atoms with Crippen molar-refractivity contribution in [2.24, 2.45) is 0 Å². The van der Waals surface area contributed by atoms with Crippen LogP contribution in [0, 0.1) is 0 Å². The third kappa shape index (κ3) is 2.70. The van der Waals surface area contributed by atoms with Gasteiger partial charge in [-0.3, -0.25) is 5.10 Å². The van der Waals surface area contributed by atoms with Gasteiger partial charge in [-0.15, -0.1) is 11.6 Å². The van der Waals surface area contributed by atoms with Crippen LogP contribution in [0.2, 0.25) is 5.02 Å². The number of aromatic nitrogens is 3. The zero-order valence-electron chi connectivity index (χ0n) is 7.87. The summed E-state index contributed by atoms with van der Waals surface area (Å²) in [6, 6.07) is 7.66. The predicted octanol–water partition coefficient (Wildman–Crippen LogP) is 2.79. The van der Waals surface area contributed by atoms with Crippen LogP contribution in [-0.2, 0) is 12.3 Å². The fourth-order valence-corrected chi connectivity index (χ4v) is 1.65. The van der Waals surface area contributed by atoms with E-state index in [0.29, 0.717) is 18.1 Å². The lowest BCUT2D eigenvalue weighted by Gasteiger charge is -1.97. The minimum absolute atomic E-state index is 0.325. The highest BCUT2D eigenvalue weighted by Crippen LogP contribution is 2.13. The van der Waals surface area contributed by atoms with E-state index >= 15 is 0 Å². The van der Waals surface area contributed by atoms with Crippen LogP contribution >= 0.6 is 23.2 Å². The molecule has 0 bridgehead atoms. The van der Waals surface area contributed by atoms with Crippen LogP contribution in [0.15, 0.2) is 24.3 Å². The maximum absolute atomic E-state index is 5.88. The van der Waals surface area contributed by atoms with Gasteiger partial charge in [0.2, 0.25) is 0 Å². The van der Waals surface area contributed by atoms with Gasteiger partial charge in [0.25, 0.3) is 0 Å². The number of hydrogen-bond donors (Lipinski definition) is 1. The Balaban J connectivity index is 2.14. The van der Waals surface area contributed by atoms with Gasteiger partial charge in [0.05, 0.1) is 5.88 Å². The largest absolute Gasteiger partial charge is 0.263 e. The van der Waals surface area contributed by atoms with Gasteiger partial charge in [0.1, 0.15) is 5.82 Å². The van der Waals surface area contributed by atoms with E-state index in [2.05, 4.69) is 15.2 Å². The molecule has 1 aromatic carbocycles. The molecule has 1 aromatic heterocycles. The highest BCUT2D eigenvalue weighted by atomic mass is 35.5. The summed E-state index contributed by atoms with van der Waals surface area (Å²) < 4.78 is 0. The third-order valence-corrected chi connectivity index (χ3v) is 2.43. The van der Waals surface area contributed by atoms with Crippen molar-refractivity contribution in [2.45, 2.75) is 12.3 Å². The molecule has 0 saturated carbocycles. The zero-order chi connectivity index (χ0) is 10.7. The van der Waals surface area contributed by atoms with Crippen molar-refractivity contribution in [3.8, 4) is 0 Å². The smallest absolute Gasteiger partial charge is 0.165 e. The van der Waals surface area contributed by atoms with E-state index in [9.17, 15) is 0 Å². The average molecular weight is 242 g/mol. The molecule has 1 N–H and O–H groups in total. The van der Waals surface area contributed by atoms with E-state index < -0.39 is 0 Å². The molecule has 0 amide bonds. The van der Waals surface area contributed by atoms with Crippen LogP contribution in [0.5, 0.6) is 0 Å². The van der Waals surface area contributed by atoms with Gasteiger partial charge in [-0.05, 0) is 17.7 Å². The predicted molar refractivity (Wildman–Crippen MR) is 60.2 cm³/mol. The molecule has 2 rings (SSSR count). The summed E-state index contributed by atoms with van der Waals surface area (Å²) in [5.41, 5.74) is 1.10. The van der Waals surface area contributed by atoms with Crippen molar-refractivity contribution in [1.29, 1.82) is 0 Å². The van der Waals surface area contributed by atoms with E-state index in [0.717, 1.165) is 16.4 Å². The number of rotatable bonds is 3. The topological polar surface area (TPSA) is 41.6 Å². The maximum atomic E-state index is 5.88. The van der Waals surface area contributed by atoms with Crippen LogP contribution in [-0.4, -0.2) is 15.2 Å². The van der Waals surface area contributed by atoms with Gasteiger partial charge >= 0.3 is 0 Å². The van der Waals surface area contributed by atoms with Crippen LogP contribution < -0.4 is 0 Å². The maximum Gasteiger partial charge on any atom is 0.165 e. The Labute approximate surface area is 97.4 Å². The van der Waals surface area contributed by atoms with Crippen LogP contribution in [0.3, 0.4) is 0 Å². The second-order valence-corrected chi connectivity index (χ2v) is 3.84. The molecule has 2 aromatic rings. The SMILES string of the molecule is ClCc1n[nH]c(Cc2cccc(Cl)c2)n1. The first kappa shape index (κ1) is 10.5. The molecule has 0 aliphatic heterocycles. The molecule has 0 aliphatic carbocycles. The monoisotopic (exact) mass is 241 g/mol. The molecule has 3 nitrogen and oxygen atoms in total. The van der Waals surface area contributed by atoms with Crippen molar-refractivity contribution < 1.29 is 0 Å². The summed E-state index contributed by atoms with van der Waals surface area (Å²) in [5.74, 6) is 1.74. The minimum Gasteiger partial charge on any atom is -0.263 e. The standard InChI is InChI=1S/C10H9Cl2N3/c11-6-10-13-9(14-15-10)5-7-2-1-3-8(12)4-7/h1-4H,5-6H2,(H,13,14,15). The molecule has 0 radical (unpaired) electrons. The molecule has 15 heavy (non-hydrogen) atoms. The van der Waals surface area contributed by atoms with Gasteiger partial charge in [-0.25, -0.2) is 4.98 Å². The van der Waals surface area contributed by atoms with Crippen LogP contribution in [0.25, 0.3) is 0 Å². The molecule has 0 spiro atoms. The number of nitrogens with one attached hydrogen (secondary N) is 1. The molecule has 0 atom stereocenters. The summed E-state index contributed by atoms with van der Waals surface area (Å²) >= 11 is 11.5. The number of hydrogen-bond acceptors (Lipinski definition) is 2. The number of nitrogens with zero attached hydrogens (tertiary/aromatic N) is 2. The van der Waals surface area contributed by atoms with Gasteiger partial charge in [-0.2, -0.15) is 5.10 Å². The minimum atomic E-state index is 0.325. The summed E-state index contributed by atoms with van der Waals surface area (Å²) in [4.78, 5) is 4.21. The number of H-pyrrole nitrogens is 1. The van der Waals surface area contributed by atoms with E-state index in [-0.39, 0.29) is 0 Å². The van der Waals surface area contributed by atoms with E-state index in [1.807, 2.05) is 24.3 Å². The Morgan fingerprint density at radius 2 is 2.20 bits per heavy atom. The molecule has 78 valence electrons. The number of alkyl halides is 1. The normalized spacial score (nSPS) is 10.5. The van der Waals surface area contributed by atoms with E-state index in [1.54, 1.807) is 0 Å². The first-order valence-corrected chi connectivity index (χ1v) is 5.40. The number of aromatic amines is 1. The Bertz CT molecular complexity index is 453. The van der Waals surface area contributed by atoms with Crippen molar-refractivity contribution in [1.82, 2.24) is 15.2 Å². The fourth-order valence-electron chi connectivity index (χ4n) is 1.31. The van der Waals surface area contributed by atoms with E-state index in [1.165, 1.54) is 0 Å². The highest BCUT2D eigenvalue weighted by Gasteiger charge is 2.03. The second-order valence-electron chi connectivity index (χ2n) is 3.14. The lowest BCUT2D eigenvalue weighted by atomic mass is 10.1. The quantitative estimate of drug-likeness (QED) is 0.841. The second kappa shape index (κ2) is 4.64. The van der Waals surface area contributed by atoms with Crippen molar-refractivity contribution in [3.05, 3.63) is 46.5 Å². The van der Waals surface area contributed by atoms with Gasteiger partial charge in [0, 0.05) is 11.4 Å². The lowest BCUT2D eigenvalue weighted by Crippen LogP contribution is -1.90.